The fraction of sp³-hybridized carbons (Fsp3) is 0.429. The van der Waals surface area contributed by atoms with Crippen LogP contribution in [0.3, 0.4) is 0 Å². The summed E-state index contributed by atoms with van der Waals surface area (Å²) in [6.45, 7) is 4.93. The molecule has 5 nitrogen and oxygen atoms in total. The first-order valence-electron chi connectivity index (χ1n) is 6.67. The van der Waals surface area contributed by atoms with Gasteiger partial charge >= 0.3 is 0 Å². The van der Waals surface area contributed by atoms with Gasteiger partial charge in [0.05, 0.1) is 6.04 Å². The molecule has 0 saturated carbocycles. The number of amides is 1. The molecule has 0 aliphatic carbocycles. The Hall–Kier alpha value is -1.88. The molecule has 3 rings (SSSR count). The Balaban J connectivity index is 2.00. The van der Waals surface area contributed by atoms with Crippen LogP contribution in [0.25, 0.3) is 0 Å². The lowest BCUT2D eigenvalue weighted by atomic mass is 9.96. The molecule has 1 saturated heterocycles. The maximum atomic E-state index is 11.6. The standard InChI is InChI=1S/C14H18N4O/c1-3-10-13(11-8-15-6-4-9(11)2)17-18-7-5-12(19)16-14(10)18/h4,6,8,13,17H,3,5,7H2,1-2H3,(H,16,19). The third-order valence-corrected chi connectivity index (χ3v) is 3.80. The van der Waals surface area contributed by atoms with E-state index in [-0.39, 0.29) is 11.9 Å². The zero-order chi connectivity index (χ0) is 13.4. The molecule has 0 bridgehead atoms. The number of carbonyl (C=O) groups excluding carboxylic acids is 1. The van der Waals surface area contributed by atoms with E-state index < -0.39 is 0 Å². The largest absolute Gasteiger partial charge is 0.311 e. The van der Waals surface area contributed by atoms with Crippen LogP contribution in [0.2, 0.25) is 0 Å². The molecule has 1 aromatic rings. The van der Waals surface area contributed by atoms with Crippen LogP contribution in [0.1, 0.15) is 36.9 Å². The predicted molar refractivity (Wildman–Crippen MR) is 71.6 cm³/mol. The number of rotatable bonds is 2. The lowest BCUT2D eigenvalue weighted by Crippen LogP contribution is -2.45. The summed E-state index contributed by atoms with van der Waals surface area (Å²) in [6, 6.07) is 2.14. The topological polar surface area (TPSA) is 57.3 Å². The quantitative estimate of drug-likeness (QED) is 0.841. The number of hydrazine groups is 1. The molecule has 100 valence electrons. The number of aromatic nitrogens is 1. The van der Waals surface area contributed by atoms with Gasteiger partial charge in [0.1, 0.15) is 5.82 Å². The van der Waals surface area contributed by atoms with E-state index in [0.717, 1.165) is 18.8 Å². The lowest BCUT2D eigenvalue weighted by molar-refractivity contribution is -0.122. The van der Waals surface area contributed by atoms with E-state index in [9.17, 15) is 4.79 Å². The summed E-state index contributed by atoms with van der Waals surface area (Å²) in [6.07, 6.45) is 5.15. The maximum absolute atomic E-state index is 11.6. The Bertz CT molecular complexity index is 552. The summed E-state index contributed by atoms with van der Waals surface area (Å²) in [5.41, 5.74) is 7.09. The van der Waals surface area contributed by atoms with Crippen LogP contribution in [0.15, 0.2) is 29.9 Å². The molecule has 1 atom stereocenters. The summed E-state index contributed by atoms with van der Waals surface area (Å²) in [5, 5.41) is 5.04. The van der Waals surface area contributed by atoms with Crippen LogP contribution in [0.5, 0.6) is 0 Å². The van der Waals surface area contributed by atoms with Crippen LogP contribution in [0.4, 0.5) is 0 Å². The minimum Gasteiger partial charge on any atom is -0.311 e. The zero-order valence-corrected chi connectivity index (χ0v) is 11.2. The van der Waals surface area contributed by atoms with Gasteiger partial charge in [0, 0.05) is 25.4 Å². The molecule has 5 heteroatoms. The van der Waals surface area contributed by atoms with Gasteiger partial charge in [-0.15, -0.1) is 0 Å². The van der Waals surface area contributed by atoms with Gasteiger partial charge < -0.3 is 5.32 Å². The second-order valence-electron chi connectivity index (χ2n) is 4.97. The molecule has 3 heterocycles. The summed E-state index contributed by atoms with van der Waals surface area (Å²) in [5.74, 6) is 1.04. The highest BCUT2D eigenvalue weighted by atomic mass is 16.2. The Morgan fingerprint density at radius 1 is 1.53 bits per heavy atom. The number of hydrogen-bond donors (Lipinski definition) is 2. The van der Waals surface area contributed by atoms with Crippen molar-refractivity contribution in [2.45, 2.75) is 32.7 Å². The van der Waals surface area contributed by atoms with Gasteiger partial charge in [-0.3, -0.25) is 14.8 Å². The van der Waals surface area contributed by atoms with E-state index in [4.69, 9.17) is 0 Å². The van der Waals surface area contributed by atoms with Crippen LogP contribution < -0.4 is 10.7 Å². The highest BCUT2D eigenvalue weighted by Gasteiger charge is 2.35. The Labute approximate surface area is 112 Å². The molecule has 19 heavy (non-hydrogen) atoms. The molecule has 0 spiro atoms. The fourth-order valence-electron chi connectivity index (χ4n) is 2.75. The first kappa shape index (κ1) is 12.2. The molecule has 2 aliphatic rings. The molecule has 0 radical (unpaired) electrons. The first-order valence-corrected chi connectivity index (χ1v) is 6.67. The van der Waals surface area contributed by atoms with Crippen molar-refractivity contribution >= 4 is 5.91 Å². The van der Waals surface area contributed by atoms with Crippen molar-refractivity contribution in [2.75, 3.05) is 6.54 Å². The van der Waals surface area contributed by atoms with E-state index in [2.05, 4.69) is 34.6 Å². The highest BCUT2D eigenvalue weighted by molar-refractivity contribution is 5.79. The van der Waals surface area contributed by atoms with Crippen molar-refractivity contribution in [1.82, 2.24) is 20.7 Å². The smallest absolute Gasteiger partial charge is 0.227 e. The third kappa shape index (κ3) is 2.00. The third-order valence-electron chi connectivity index (χ3n) is 3.80. The number of pyridine rings is 1. The van der Waals surface area contributed by atoms with Crippen molar-refractivity contribution in [1.29, 1.82) is 0 Å². The number of nitrogens with zero attached hydrogens (tertiary/aromatic N) is 2. The van der Waals surface area contributed by atoms with E-state index in [1.54, 1.807) is 0 Å². The molecular weight excluding hydrogens is 240 g/mol. The second kappa shape index (κ2) is 4.66. The maximum Gasteiger partial charge on any atom is 0.227 e. The first-order chi connectivity index (χ1) is 9.20. The van der Waals surface area contributed by atoms with E-state index in [1.165, 1.54) is 16.7 Å². The number of aryl methyl sites for hydroxylation is 1. The van der Waals surface area contributed by atoms with Gasteiger partial charge in [0.25, 0.3) is 0 Å². The number of fused-ring (bicyclic) bond motifs is 1. The van der Waals surface area contributed by atoms with Crippen LogP contribution in [-0.4, -0.2) is 22.4 Å². The monoisotopic (exact) mass is 258 g/mol. The van der Waals surface area contributed by atoms with E-state index in [0.29, 0.717) is 6.42 Å². The fourth-order valence-corrected chi connectivity index (χ4v) is 2.75. The Morgan fingerprint density at radius 2 is 2.37 bits per heavy atom. The van der Waals surface area contributed by atoms with Crippen LogP contribution in [-0.2, 0) is 4.79 Å². The Morgan fingerprint density at radius 3 is 3.11 bits per heavy atom. The van der Waals surface area contributed by atoms with Crippen molar-refractivity contribution in [2.24, 2.45) is 0 Å². The average Bonchev–Trinajstić information content (AvgIpc) is 2.76. The van der Waals surface area contributed by atoms with Crippen molar-refractivity contribution in [3.05, 3.63) is 41.0 Å². The molecule has 1 amide bonds. The normalized spacial score (nSPS) is 22.5. The second-order valence-corrected chi connectivity index (χ2v) is 4.97. The van der Waals surface area contributed by atoms with Gasteiger partial charge in [-0.05, 0) is 36.1 Å². The molecular formula is C14H18N4O. The summed E-state index contributed by atoms with van der Waals surface area (Å²) < 4.78 is 0. The molecule has 0 aromatic carbocycles. The molecule has 1 unspecified atom stereocenters. The minimum absolute atomic E-state index is 0.0996. The van der Waals surface area contributed by atoms with Gasteiger partial charge in [-0.2, -0.15) is 0 Å². The SMILES string of the molecule is CCC1=C2NC(=O)CCN2NC1c1cnccc1C. The van der Waals surface area contributed by atoms with Crippen molar-refractivity contribution in [3.8, 4) is 0 Å². The van der Waals surface area contributed by atoms with Gasteiger partial charge in [0.2, 0.25) is 5.91 Å². The molecule has 1 fully saturated rings. The predicted octanol–water partition coefficient (Wildman–Crippen LogP) is 1.39. The van der Waals surface area contributed by atoms with Gasteiger partial charge in [0.15, 0.2) is 0 Å². The molecule has 2 N–H and O–H groups in total. The van der Waals surface area contributed by atoms with Gasteiger partial charge in [-0.1, -0.05) is 6.92 Å². The highest BCUT2D eigenvalue weighted by Crippen LogP contribution is 2.35. The molecule has 1 aromatic heterocycles. The van der Waals surface area contributed by atoms with Crippen molar-refractivity contribution < 1.29 is 4.79 Å². The van der Waals surface area contributed by atoms with Crippen LogP contribution >= 0.6 is 0 Å². The summed E-state index contributed by atoms with van der Waals surface area (Å²) >= 11 is 0. The van der Waals surface area contributed by atoms with Gasteiger partial charge in [-0.25, -0.2) is 5.43 Å². The number of carbonyl (C=O) groups is 1. The van der Waals surface area contributed by atoms with E-state index >= 15 is 0 Å². The number of hydrogen-bond acceptors (Lipinski definition) is 4. The minimum atomic E-state index is 0.0996. The van der Waals surface area contributed by atoms with Crippen LogP contribution in [0, 0.1) is 6.92 Å². The summed E-state index contributed by atoms with van der Waals surface area (Å²) in [4.78, 5) is 15.8. The lowest BCUT2D eigenvalue weighted by Gasteiger charge is -2.27. The average molecular weight is 258 g/mol. The van der Waals surface area contributed by atoms with Crippen molar-refractivity contribution in [3.63, 3.8) is 0 Å². The zero-order valence-electron chi connectivity index (χ0n) is 11.2. The summed E-state index contributed by atoms with van der Waals surface area (Å²) in [7, 11) is 0. The Kier molecular flexibility index (Phi) is 2.98. The number of nitrogens with one attached hydrogen (secondary N) is 2. The van der Waals surface area contributed by atoms with E-state index in [1.807, 2.05) is 18.5 Å². The molecule has 2 aliphatic heterocycles.